The highest BCUT2D eigenvalue weighted by Gasteiger charge is 2.30. The number of Topliss-reactive ketones (excluding diaryl/α,β-unsaturated/α-hetero) is 1. The van der Waals surface area contributed by atoms with Gasteiger partial charge in [-0.3, -0.25) is 4.79 Å². The average Bonchev–Trinajstić information content (AvgIpc) is 2.98. The molecule has 0 aliphatic carbocycles. The number of allylic oxidation sites excluding steroid dienone is 1. The lowest BCUT2D eigenvalue weighted by atomic mass is 10.0. The number of aryl methyl sites for hydroxylation is 1. The van der Waals surface area contributed by atoms with E-state index in [2.05, 4.69) is 0 Å². The quantitative estimate of drug-likeness (QED) is 0.320. The fourth-order valence-corrected chi connectivity index (χ4v) is 3.23. The molecule has 0 atom stereocenters. The summed E-state index contributed by atoms with van der Waals surface area (Å²) in [7, 11) is 0. The van der Waals surface area contributed by atoms with Crippen molar-refractivity contribution in [3.63, 3.8) is 0 Å². The zero-order chi connectivity index (χ0) is 20.5. The second kappa shape index (κ2) is 7.53. The fourth-order valence-electron chi connectivity index (χ4n) is 3.04. The van der Waals surface area contributed by atoms with E-state index in [1.807, 2.05) is 0 Å². The monoisotopic (exact) mass is 408 g/mol. The molecule has 1 aliphatic heterocycles. The van der Waals surface area contributed by atoms with Gasteiger partial charge in [0.2, 0.25) is 5.78 Å². The molecular formula is C23H14ClFO4. The third-order valence-electron chi connectivity index (χ3n) is 4.38. The van der Waals surface area contributed by atoms with Crippen LogP contribution in [0, 0.1) is 12.7 Å². The van der Waals surface area contributed by atoms with Crippen LogP contribution in [0.4, 0.5) is 4.39 Å². The number of ketones is 1. The van der Waals surface area contributed by atoms with Crippen LogP contribution in [0.15, 0.2) is 66.4 Å². The molecule has 4 nitrogen and oxygen atoms in total. The smallest absolute Gasteiger partial charge is 0.343 e. The van der Waals surface area contributed by atoms with E-state index in [1.54, 1.807) is 43.3 Å². The molecule has 0 saturated heterocycles. The fraction of sp³-hybridized carbons (Fsp3) is 0.0435. The van der Waals surface area contributed by atoms with Crippen molar-refractivity contribution < 1.29 is 23.5 Å². The lowest BCUT2D eigenvalue weighted by Crippen LogP contribution is -2.08. The summed E-state index contributed by atoms with van der Waals surface area (Å²) in [5.74, 6) is -0.636. The van der Waals surface area contributed by atoms with E-state index in [4.69, 9.17) is 21.1 Å². The Bertz CT molecular complexity index is 1170. The Morgan fingerprint density at radius 3 is 2.59 bits per heavy atom. The zero-order valence-electron chi connectivity index (χ0n) is 15.2. The molecule has 144 valence electrons. The van der Waals surface area contributed by atoms with Crippen LogP contribution in [0.5, 0.6) is 11.5 Å². The molecular weight excluding hydrogens is 395 g/mol. The average molecular weight is 409 g/mol. The third kappa shape index (κ3) is 3.91. The lowest BCUT2D eigenvalue weighted by molar-refractivity contribution is 0.0734. The normalized spacial score (nSPS) is 13.9. The second-order valence-electron chi connectivity index (χ2n) is 6.50. The molecule has 29 heavy (non-hydrogen) atoms. The van der Waals surface area contributed by atoms with Crippen molar-refractivity contribution in [1.82, 2.24) is 0 Å². The van der Waals surface area contributed by atoms with Gasteiger partial charge in [-0.15, -0.1) is 0 Å². The van der Waals surface area contributed by atoms with Gasteiger partial charge >= 0.3 is 5.97 Å². The highest BCUT2D eigenvalue weighted by Crippen LogP contribution is 2.37. The zero-order valence-corrected chi connectivity index (χ0v) is 16.0. The Kier molecular flexibility index (Phi) is 4.91. The number of hydrogen-bond acceptors (Lipinski definition) is 4. The van der Waals surface area contributed by atoms with Crippen LogP contribution < -0.4 is 9.47 Å². The van der Waals surface area contributed by atoms with Crippen molar-refractivity contribution in [2.45, 2.75) is 6.92 Å². The first-order valence-corrected chi connectivity index (χ1v) is 9.11. The minimum absolute atomic E-state index is 0.160. The highest BCUT2D eigenvalue weighted by atomic mass is 35.5. The van der Waals surface area contributed by atoms with Crippen molar-refractivity contribution in [2.75, 3.05) is 0 Å². The molecule has 6 heteroatoms. The highest BCUT2D eigenvalue weighted by molar-refractivity contribution is 6.30. The molecule has 4 rings (SSSR count). The summed E-state index contributed by atoms with van der Waals surface area (Å²) in [6.07, 6.45) is 1.61. The van der Waals surface area contributed by atoms with E-state index in [0.717, 1.165) is 5.56 Å². The first-order valence-electron chi connectivity index (χ1n) is 8.73. The maximum Gasteiger partial charge on any atom is 0.343 e. The van der Waals surface area contributed by atoms with Crippen LogP contribution in [-0.4, -0.2) is 11.8 Å². The molecule has 0 saturated carbocycles. The third-order valence-corrected chi connectivity index (χ3v) is 4.62. The molecule has 0 radical (unpaired) electrons. The van der Waals surface area contributed by atoms with Crippen molar-refractivity contribution >= 4 is 29.4 Å². The SMILES string of the molecule is Cc1cc(OC(=O)c2ccc(F)cc2)cc2c1C(=O)/C(=C/c1cccc(Cl)c1)O2. The van der Waals surface area contributed by atoms with Gasteiger partial charge in [-0.2, -0.15) is 0 Å². The van der Waals surface area contributed by atoms with Crippen LogP contribution in [0.1, 0.15) is 31.8 Å². The molecule has 0 N–H and O–H groups in total. The van der Waals surface area contributed by atoms with Crippen LogP contribution in [0.25, 0.3) is 6.08 Å². The number of carbonyl (C=O) groups is 2. The standard InChI is InChI=1S/C23H14ClFO4/c1-13-9-18(28-23(27)15-5-7-17(25)8-6-15)12-19-21(13)22(26)20(29-19)11-14-3-2-4-16(24)10-14/h2-12H,1H3/b20-11-. The molecule has 0 bridgehead atoms. The minimum atomic E-state index is -0.636. The topological polar surface area (TPSA) is 52.6 Å². The van der Waals surface area contributed by atoms with Gasteiger partial charge in [0, 0.05) is 11.1 Å². The first-order chi connectivity index (χ1) is 13.9. The molecule has 0 aromatic heterocycles. The van der Waals surface area contributed by atoms with Crippen LogP contribution >= 0.6 is 11.6 Å². The molecule has 3 aromatic rings. The minimum Gasteiger partial charge on any atom is -0.452 e. The summed E-state index contributed by atoms with van der Waals surface area (Å²) < 4.78 is 24.1. The van der Waals surface area contributed by atoms with Gasteiger partial charge in [0.1, 0.15) is 17.3 Å². The van der Waals surface area contributed by atoms with E-state index in [9.17, 15) is 14.0 Å². The van der Waals surface area contributed by atoms with Gasteiger partial charge in [-0.1, -0.05) is 23.7 Å². The van der Waals surface area contributed by atoms with Crippen molar-refractivity contribution in [1.29, 1.82) is 0 Å². The van der Waals surface area contributed by atoms with Gasteiger partial charge in [0.25, 0.3) is 0 Å². The molecule has 1 aliphatic rings. The Morgan fingerprint density at radius 2 is 1.86 bits per heavy atom. The Balaban J connectivity index is 1.60. The molecule has 3 aromatic carbocycles. The van der Waals surface area contributed by atoms with Crippen LogP contribution in [0.2, 0.25) is 5.02 Å². The van der Waals surface area contributed by atoms with Crippen molar-refractivity contribution in [3.8, 4) is 11.5 Å². The summed E-state index contributed by atoms with van der Waals surface area (Å²) >= 11 is 5.99. The van der Waals surface area contributed by atoms with E-state index in [0.29, 0.717) is 21.9 Å². The molecule has 0 amide bonds. The summed E-state index contributed by atoms with van der Waals surface area (Å²) in [5, 5.41) is 0.550. The van der Waals surface area contributed by atoms with Gasteiger partial charge in [-0.25, -0.2) is 9.18 Å². The maximum absolute atomic E-state index is 13.0. The van der Waals surface area contributed by atoms with Gasteiger partial charge < -0.3 is 9.47 Å². The predicted octanol–water partition coefficient (Wildman–Crippen LogP) is 5.62. The number of carbonyl (C=O) groups excluding carboxylic acids is 2. The summed E-state index contributed by atoms with van der Waals surface area (Å²) in [4.78, 5) is 25.0. The summed E-state index contributed by atoms with van der Waals surface area (Å²) in [5.41, 5.74) is 1.97. The summed E-state index contributed by atoms with van der Waals surface area (Å²) in [6, 6.07) is 15.1. The Morgan fingerprint density at radius 1 is 1.10 bits per heavy atom. The van der Waals surface area contributed by atoms with Gasteiger partial charge in [0.15, 0.2) is 5.76 Å². The number of halogens is 2. The molecule has 0 fully saturated rings. The number of ether oxygens (including phenoxy) is 2. The molecule has 0 unspecified atom stereocenters. The van der Waals surface area contributed by atoms with Crippen molar-refractivity contribution in [2.24, 2.45) is 0 Å². The number of rotatable bonds is 3. The predicted molar refractivity (Wildman–Crippen MR) is 107 cm³/mol. The lowest BCUT2D eigenvalue weighted by Gasteiger charge is -2.07. The number of fused-ring (bicyclic) bond motifs is 1. The number of esters is 1. The molecule has 1 heterocycles. The van der Waals surface area contributed by atoms with Gasteiger partial charge in [-0.05, 0) is 66.6 Å². The molecule has 0 spiro atoms. The van der Waals surface area contributed by atoms with E-state index >= 15 is 0 Å². The number of hydrogen-bond donors (Lipinski definition) is 0. The second-order valence-corrected chi connectivity index (χ2v) is 6.94. The van der Waals surface area contributed by atoms with E-state index in [-0.39, 0.29) is 22.9 Å². The summed E-state index contributed by atoms with van der Waals surface area (Å²) in [6.45, 7) is 1.73. The Hall–Kier alpha value is -3.44. The van der Waals surface area contributed by atoms with E-state index < -0.39 is 11.8 Å². The van der Waals surface area contributed by atoms with Crippen LogP contribution in [-0.2, 0) is 0 Å². The van der Waals surface area contributed by atoms with Crippen molar-refractivity contribution in [3.05, 3.63) is 99.5 Å². The largest absolute Gasteiger partial charge is 0.452 e. The van der Waals surface area contributed by atoms with E-state index in [1.165, 1.54) is 30.3 Å². The first kappa shape index (κ1) is 18.9. The van der Waals surface area contributed by atoms with Crippen LogP contribution in [0.3, 0.4) is 0 Å². The number of benzene rings is 3. The van der Waals surface area contributed by atoms with Gasteiger partial charge in [0.05, 0.1) is 11.1 Å². The Labute approximate surface area is 171 Å². The maximum atomic E-state index is 13.0.